The molecule has 4 aromatic heterocycles. The number of amides is 2. The topological polar surface area (TPSA) is 121 Å². The predicted molar refractivity (Wildman–Crippen MR) is 133 cm³/mol. The number of carbonyl (C=O) groups is 2. The molecule has 0 aliphatic carbocycles. The first-order chi connectivity index (χ1) is 16.6. The minimum atomic E-state index is -2.83. The van der Waals surface area contributed by atoms with E-state index in [-0.39, 0.29) is 15.4 Å². The molecule has 0 fully saturated rings. The lowest BCUT2D eigenvalue weighted by Crippen LogP contribution is -2.27. The molecule has 0 bridgehead atoms. The van der Waals surface area contributed by atoms with Crippen LogP contribution in [0.15, 0.2) is 29.1 Å². The van der Waals surface area contributed by atoms with Crippen molar-refractivity contribution in [1.82, 2.24) is 24.5 Å². The maximum Gasteiger partial charge on any atom is 0.280 e. The molecule has 9 nitrogen and oxygen atoms in total. The third-order valence-electron chi connectivity index (χ3n) is 5.52. The van der Waals surface area contributed by atoms with Gasteiger partial charge in [0.2, 0.25) is 5.91 Å². The van der Waals surface area contributed by atoms with E-state index in [1.54, 1.807) is 30.2 Å². The molecule has 0 radical (unpaired) electrons. The van der Waals surface area contributed by atoms with Crippen LogP contribution in [0.3, 0.4) is 0 Å². The highest BCUT2D eigenvalue weighted by Crippen LogP contribution is 2.43. The summed E-state index contributed by atoms with van der Waals surface area (Å²) >= 11 is 4.18. The van der Waals surface area contributed by atoms with E-state index >= 15 is 0 Å². The summed E-state index contributed by atoms with van der Waals surface area (Å²) < 4.78 is 31.3. The molecule has 4 heterocycles. The Morgan fingerprint density at radius 3 is 2.54 bits per heavy atom. The van der Waals surface area contributed by atoms with Gasteiger partial charge in [0.25, 0.3) is 12.3 Å². The molecule has 0 aliphatic rings. The zero-order valence-electron chi connectivity index (χ0n) is 19.1. The van der Waals surface area contributed by atoms with Crippen LogP contribution in [0.25, 0.3) is 21.3 Å². The van der Waals surface area contributed by atoms with Crippen LogP contribution in [0.5, 0.6) is 0 Å². The molecule has 13 heteroatoms. The molecule has 184 valence electrons. The van der Waals surface area contributed by atoms with Gasteiger partial charge in [-0.05, 0) is 47.8 Å². The monoisotopic (exact) mass is 565 g/mol. The molecule has 4 aromatic rings. The summed E-state index contributed by atoms with van der Waals surface area (Å²) in [7, 11) is 0. The van der Waals surface area contributed by atoms with Gasteiger partial charge in [0.15, 0.2) is 0 Å². The number of fused-ring (bicyclic) bond motifs is 1. The van der Waals surface area contributed by atoms with Crippen LogP contribution in [-0.2, 0) is 11.3 Å². The summed E-state index contributed by atoms with van der Waals surface area (Å²) in [6.45, 7) is 6.07. The van der Waals surface area contributed by atoms with Crippen molar-refractivity contribution < 1.29 is 18.4 Å². The number of aromatic nitrogens is 5. The SMILES string of the molecule is CCC(C(=O)Nc1c(C(N)=O)sc2nc(C(F)F)cc(-c3cn(CC)nc3C)c12)n1cc(Br)cn1. The molecule has 0 saturated heterocycles. The van der Waals surface area contributed by atoms with E-state index in [9.17, 15) is 18.4 Å². The van der Waals surface area contributed by atoms with E-state index in [0.29, 0.717) is 39.6 Å². The Balaban J connectivity index is 1.93. The van der Waals surface area contributed by atoms with E-state index in [2.05, 4.69) is 36.4 Å². The van der Waals surface area contributed by atoms with Crippen LogP contribution in [0.1, 0.15) is 53.8 Å². The zero-order chi connectivity index (χ0) is 25.4. The first-order valence-electron chi connectivity index (χ1n) is 10.7. The second kappa shape index (κ2) is 9.82. The Bertz CT molecular complexity index is 1430. The summed E-state index contributed by atoms with van der Waals surface area (Å²) in [5.74, 6) is -1.24. The summed E-state index contributed by atoms with van der Waals surface area (Å²) in [5.41, 5.74) is 6.90. The fraction of sp³-hybridized carbons (Fsp3) is 0.318. The minimum Gasteiger partial charge on any atom is -0.365 e. The first kappa shape index (κ1) is 24.9. The fourth-order valence-corrected chi connectivity index (χ4v) is 5.18. The number of anilines is 1. The van der Waals surface area contributed by atoms with Crippen molar-refractivity contribution in [2.24, 2.45) is 5.73 Å². The van der Waals surface area contributed by atoms with Gasteiger partial charge in [0.05, 0.1) is 22.1 Å². The minimum absolute atomic E-state index is 0.0190. The number of nitrogens with zero attached hydrogens (tertiary/aromatic N) is 5. The standard InChI is InChI=1S/C22H22BrF2N7O2S/c1-4-15(32-8-11(23)7-27-32)21(34)29-17-16-12(13-9-31(5-2)30-10(13)3)6-14(19(24)25)28-22(16)35-18(17)20(26)33/h6-9,15,19H,4-5H2,1-3H3,(H2,26,33)(H,29,34). The third-order valence-corrected chi connectivity index (χ3v) is 7.02. The number of alkyl halides is 2. The molecule has 0 aromatic carbocycles. The zero-order valence-corrected chi connectivity index (χ0v) is 21.5. The van der Waals surface area contributed by atoms with Gasteiger partial charge in [0, 0.05) is 29.9 Å². The van der Waals surface area contributed by atoms with Gasteiger partial charge in [-0.15, -0.1) is 11.3 Å². The molecule has 3 N–H and O–H groups in total. The van der Waals surface area contributed by atoms with Gasteiger partial charge in [-0.1, -0.05) is 6.92 Å². The van der Waals surface area contributed by atoms with Crippen molar-refractivity contribution >= 4 is 55.0 Å². The van der Waals surface area contributed by atoms with Crippen molar-refractivity contribution in [2.45, 2.75) is 46.2 Å². The highest BCUT2D eigenvalue weighted by atomic mass is 79.9. The summed E-state index contributed by atoms with van der Waals surface area (Å²) in [4.78, 5) is 29.9. The van der Waals surface area contributed by atoms with Crippen molar-refractivity contribution in [1.29, 1.82) is 0 Å². The number of nitrogens with one attached hydrogen (secondary N) is 1. The number of hydrogen-bond acceptors (Lipinski definition) is 6. The number of halogens is 3. The Labute approximate surface area is 211 Å². The molecule has 2 amide bonds. The Morgan fingerprint density at radius 2 is 2.00 bits per heavy atom. The largest absolute Gasteiger partial charge is 0.365 e. The summed E-state index contributed by atoms with van der Waals surface area (Å²) in [5, 5.41) is 11.8. The van der Waals surface area contributed by atoms with Crippen molar-refractivity contribution in [3.05, 3.63) is 45.4 Å². The molecular weight excluding hydrogens is 544 g/mol. The van der Waals surface area contributed by atoms with Crippen LogP contribution < -0.4 is 11.1 Å². The molecule has 0 spiro atoms. The van der Waals surface area contributed by atoms with Gasteiger partial charge in [-0.3, -0.25) is 19.0 Å². The van der Waals surface area contributed by atoms with E-state index in [0.717, 1.165) is 11.3 Å². The Morgan fingerprint density at radius 1 is 1.26 bits per heavy atom. The van der Waals surface area contributed by atoms with Gasteiger partial charge in [-0.2, -0.15) is 10.2 Å². The number of carbonyl (C=O) groups excluding carboxylic acids is 2. The van der Waals surface area contributed by atoms with Crippen LogP contribution >= 0.6 is 27.3 Å². The lowest BCUT2D eigenvalue weighted by Gasteiger charge is -2.16. The van der Waals surface area contributed by atoms with Crippen LogP contribution in [-0.4, -0.2) is 36.4 Å². The lowest BCUT2D eigenvalue weighted by molar-refractivity contribution is -0.119. The average molecular weight is 566 g/mol. The normalized spacial score (nSPS) is 12.4. The first-order valence-corrected chi connectivity index (χ1v) is 12.4. The van der Waals surface area contributed by atoms with E-state index in [1.807, 2.05) is 13.8 Å². The summed E-state index contributed by atoms with van der Waals surface area (Å²) in [6.07, 6.45) is 2.55. The van der Waals surface area contributed by atoms with Crippen molar-refractivity contribution in [2.75, 3.05) is 5.32 Å². The fourth-order valence-electron chi connectivity index (χ4n) is 3.86. The molecule has 0 aliphatic heterocycles. The van der Waals surface area contributed by atoms with Crippen LogP contribution in [0.2, 0.25) is 0 Å². The number of thiophene rings is 1. The van der Waals surface area contributed by atoms with Crippen molar-refractivity contribution in [3.8, 4) is 11.1 Å². The predicted octanol–water partition coefficient (Wildman–Crippen LogP) is 5.07. The molecule has 1 atom stereocenters. The average Bonchev–Trinajstić information content (AvgIpc) is 3.50. The number of primary amides is 1. The Hall–Kier alpha value is -3.19. The van der Waals surface area contributed by atoms with Crippen LogP contribution in [0, 0.1) is 6.92 Å². The molecular formula is C22H22BrF2N7O2S. The second-order valence-corrected chi connectivity index (χ2v) is 9.70. The van der Waals surface area contributed by atoms with Crippen LogP contribution in [0.4, 0.5) is 14.5 Å². The highest BCUT2D eigenvalue weighted by molar-refractivity contribution is 9.10. The molecule has 35 heavy (non-hydrogen) atoms. The third kappa shape index (κ3) is 4.69. The lowest BCUT2D eigenvalue weighted by atomic mass is 10.0. The highest BCUT2D eigenvalue weighted by Gasteiger charge is 2.28. The van der Waals surface area contributed by atoms with Gasteiger partial charge >= 0.3 is 0 Å². The number of rotatable bonds is 8. The summed E-state index contributed by atoms with van der Waals surface area (Å²) in [6, 6.07) is 0.588. The number of hydrogen-bond donors (Lipinski definition) is 2. The van der Waals surface area contributed by atoms with E-state index in [4.69, 9.17) is 5.73 Å². The molecule has 0 saturated carbocycles. The number of pyridine rings is 1. The maximum absolute atomic E-state index is 13.7. The van der Waals surface area contributed by atoms with E-state index < -0.39 is 30.0 Å². The van der Waals surface area contributed by atoms with Gasteiger partial charge < -0.3 is 11.1 Å². The molecule has 1 unspecified atom stereocenters. The quantitative estimate of drug-likeness (QED) is 0.309. The van der Waals surface area contributed by atoms with Gasteiger partial charge in [0.1, 0.15) is 21.4 Å². The second-order valence-electron chi connectivity index (χ2n) is 7.78. The van der Waals surface area contributed by atoms with Crippen molar-refractivity contribution in [3.63, 3.8) is 0 Å². The van der Waals surface area contributed by atoms with E-state index in [1.165, 1.54) is 10.7 Å². The Kier molecular flexibility index (Phi) is 6.99. The maximum atomic E-state index is 13.7. The number of nitrogens with two attached hydrogens (primary N) is 1. The smallest absolute Gasteiger partial charge is 0.280 e. The molecule has 4 rings (SSSR count). The number of aryl methyl sites for hydroxylation is 2. The van der Waals surface area contributed by atoms with Gasteiger partial charge in [-0.25, -0.2) is 13.8 Å².